The monoisotopic (exact) mass is 435 g/mol. The summed E-state index contributed by atoms with van der Waals surface area (Å²) in [4.78, 5) is 0. The predicted molar refractivity (Wildman–Crippen MR) is 106 cm³/mol. The van der Waals surface area contributed by atoms with E-state index in [-0.39, 0.29) is 24.0 Å². The van der Waals surface area contributed by atoms with Gasteiger partial charge in [-0.25, -0.2) is 13.2 Å². The molecule has 0 amide bonds. The molecule has 7 heteroatoms. The molecule has 0 aromatic heterocycles. The van der Waals surface area contributed by atoms with Crippen molar-refractivity contribution in [3.63, 3.8) is 0 Å². The minimum absolute atomic E-state index is 0.0345. The molecule has 3 rings (SSSR count). The molecule has 1 radical (unpaired) electrons. The standard InChI is InChI=1S/C24H20F5O2/c1-2-3-14-4-8-16(9-5-14)22-20(30)13-18(25)17(23(22)27)10-6-15-7-11-21(19(26)12-15)31-24(28)29/h4-5,7-9,11-13,24H,2-3,6,10H2,1H3. The van der Waals surface area contributed by atoms with Gasteiger partial charge in [-0.3, -0.25) is 5.11 Å². The van der Waals surface area contributed by atoms with Gasteiger partial charge in [0.2, 0.25) is 0 Å². The Morgan fingerprint density at radius 1 is 0.839 bits per heavy atom. The van der Waals surface area contributed by atoms with Gasteiger partial charge in [0.25, 0.3) is 0 Å². The molecule has 0 atom stereocenters. The van der Waals surface area contributed by atoms with Gasteiger partial charge in [-0.05, 0) is 48.1 Å². The van der Waals surface area contributed by atoms with Crippen molar-refractivity contribution in [3.05, 3.63) is 82.7 Å². The van der Waals surface area contributed by atoms with E-state index >= 15 is 4.39 Å². The number of benzene rings is 3. The van der Waals surface area contributed by atoms with Crippen LogP contribution in [0, 0.1) is 17.5 Å². The van der Waals surface area contributed by atoms with Crippen molar-refractivity contribution in [1.82, 2.24) is 0 Å². The van der Waals surface area contributed by atoms with E-state index in [0.717, 1.165) is 36.6 Å². The maximum Gasteiger partial charge on any atom is 0.387 e. The van der Waals surface area contributed by atoms with Crippen LogP contribution < -0.4 is 4.74 Å². The van der Waals surface area contributed by atoms with Gasteiger partial charge in [-0.2, -0.15) is 8.78 Å². The SMILES string of the molecule is CCCc1ccc(-c2c([O])cc(F)c(CCc3ccc(OC(F)F)c(F)c3)c2F)cc1. The molecular formula is C24H20F5O2. The van der Waals surface area contributed by atoms with Crippen molar-refractivity contribution in [2.24, 2.45) is 0 Å². The number of hydrogen-bond acceptors (Lipinski definition) is 1. The lowest BCUT2D eigenvalue weighted by Crippen LogP contribution is -2.05. The number of hydrogen-bond donors (Lipinski definition) is 0. The van der Waals surface area contributed by atoms with Crippen LogP contribution in [0.3, 0.4) is 0 Å². The second-order valence-corrected chi connectivity index (χ2v) is 7.11. The molecular weight excluding hydrogens is 415 g/mol. The molecule has 0 N–H and O–H groups in total. The Kier molecular flexibility index (Phi) is 7.15. The van der Waals surface area contributed by atoms with Crippen molar-refractivity contribution in [2.45, 2.75) is 39.2 Å². The first-order valence-corrected chi connectivity index (χ1v) is 9.80. The lowest BCUT2D eigenvalue weighted by Gasteiger charge is -2.12. The molecule has 0 fully saturated rings. The molecule has 3 aromatic carbocycles. The lowest BCUT2D eigenvalue weighted by molar-refractivity contribution is -0.0522. The first-order valence-electron chi connectivity index (χ1n) is 9.80. The fourth-order valence-corrected chi connectivity index (χ4v) is 3.42. The number of halogens is 5. The van der Waals surface area contributed by atoms with E-state index in [4.69, 9.17) is 0 Å². The fourth-order valence-electron chi connectivity index (χ4n) is 3.42. The highest BCUT2D eigenvalue weighted by Gasteiger charge is 2.21. The summed E-state index contributed by atoms with van der Waals surface area (Å²) in [5, 5.41) is 12.3. The van der Waals surface area contributed by atoms with E-state index in [0.29, 0.717) is 11.1 Å². The molecule has 0 spiro atoms. The van der Waals surface area contributed by atoms with Crippen LogP contribution >= 0.6 is 0 Å². The molecule has 0 aliphatic rings. The quantitative estimate of drug-likeness (QED) is 0.343. The Labute approximate surface area is 176 Å². The third-order valence-corrected chi connectivity index (χ3v) is 4.93. The van der Waals surface area contributed by atoms with Gasteiger partial charge in [-0.1, -0.05) is 43.7 Å². The van der Waals surface area contributed by atoms with Crippen molar-refractivity contribution in [2.75, 3.05) is 0 Å². The Morgan fingerprint density at radius 2 is 1.52 bits per heavy atom. The van der Waals surface area contributed by atoms with Gasteiger partial charge in [-0.15, -0.1) is 0 Å². The number of ether oxygens (including phenoxy) is 1. The molecule has 3 aromatic rings. The smallest absolute Gasteiger partial charge is 0.387 e. The summed E-state index contributed by atoms with van der Waals surface area (Å²) in [5.74, 6) is -4.30. The van der Waals surface area contributed by atoms with Crippen molar-refractivity contribution in [1.29, 1.82) is 0 Å². The Bertz CT molecular complexity index is 1050. The average molecular weight is 435 g/mol. The molecule has 0 unspecified atom stereocenters. The van der Waals surface area contributed by atoms with Crippen LogP contribution in [-0.4, -0.2) is 6.61 Å². The van der Waals surface area contributed by atoms with Gasteiger partial charge < -0.3 is 4.74 Å². The summed E-state index contributed by atoms with van der Waals surface area (Å²) in [6, 6.07) is 10.9. The highest BCUT2D eigenvalue weighted by molar-refractivity contribution is 5.72. The maximum absolute atomic E-state index is 15.1. The van der Waals surface area contributed by atoms with Crippen LogP contribution in [0.4, 0.5) is 22.0 Å². The van der Waals surface area contributed by atoms with E-state index in [9.17, 15) is 22.7 Å². The second kappa shape index (κ2) is 9.81. The lowest BCUT2D eigenvalue weighted by atomic mass is 9.95. The van der Waals surface area contributed by atoms with Crippen LogP contribution in [0.5, 0.6) is 11.5 Å². The number of aryl methyl sites for hydroxylation is 2. The summed E-state index contributed by atoms with van der Waals surface area (Å²) in [6.45, 7) is -1.13. The Hall–Kier alpha value is -3.09. The highest BCUT2D eigenvalue weighted by Crippen LogP contribution is 2.36. The first-order chi connectivity index (χ1) is 14.8. The second-order valence-electron chi connectivity index (χ2n) is 7.11. The molecule has 0 saturated heterocycles. The highest BCUT2D eigenvalue weighted by atomic mass is 19.3. The van der Waals surface area contributed by atoms with Crippen molar-refractivity contribution in [3.8, 4) is 22.6 Å². The van der Waals surface area contributed by atoms with Gasteiger partial charge in [0.05, 0.1) is 5.56 Å². The summed E-state index contributed by atoms with van der Waals surface area (Å²) < 4.78 is 71.8. The zero-order chi connectivity index (χ0) is 22.5. The van der Waals surface area contributed by atoms with Gasteiger partial charge in [0.1, 0.15) is 11.6 Å². The minimum atomic E-state index is -3.16. The topological polar surface area (TPSA) is 29.1 Å². The van der Waals surface area contributed by atoms with Crippen LogP contribution in [-0.2, 0) is 24.4 Å². The molecule has 0 aliphatic carbocycles. The van der Waals surface area contributed by atoms with E-state index in [1.807, 2.05) is 6.92 Å². The predicted octanol–water partition coefficient (Wildman–Crippen LogP) is 7.25. The summed E-state index contributed by atoms with van der Waals surface area (Å²) >= 11 is 0. The van der Waals surface area contributed by atoms with E-state index < -0.39 is 35.6 Å². The minimum Gasteiger partial charge on any atom is -0.432 e. The van der Waals surface area contributed by atoms with E-state index in [2.05, 4.69) is 4.74 Å². The molecule has 31 heavy (non-hydrogen) atoms. The molecule has 163 valence electrons. The normalized spacial score (nSPS) is 11.2. The summed E-state index contributed by atoms with van der Waals surface area (Å²) in [5.41, 5.74) is 1.23. The van der Waals surface area contributed by atoms with Gasteiger partial charge in [0.15, 0.2) is 17.3 Å². The molecule has 0 aliphatic heterocycles. The van der Waals surface area contributed by atoms with E-state index in [1.165, 1.54) is 6.07 Å². The number of rotatable bonds is 8. The third kappa shape index (κ3) is 5.34. The summed E-state index contributed by atoms with van der Waals surface area (Å²) in [7, 11) is 0. The molecule has 0 heterocycles. The Morgan fingerprint density at radius 3 is 2.13 bits per heavy atom. The zero-order valence-electron chi connectivity index (χ0n) is 16.7. The zero-order valence-corrected chi connectivity index (χ0v) is 16.7. The van der Waals surface area contributed by atoms with Crippen LogP contribution in [0.1, 0.15) is 30.0 Å². The van der Waals surface area contributed by atoms with Crippen molar-refractivity contribution >= 4 is 0 Å². The summed E-state index contributed by atoms with van der Waals surface area (Å²) in [6.07, 6.45) is 1.68. The third-order valence-electron chi connectivity index (χ3n) is 4.93. The molecule has 0 saturated carbocycles. The van der Waals surface area contributed by atoms with E-state index in [1.54, 1.807) is 24.3 Å². The fraction of sp³-hybridized carbons (Fsp3) is 0.250. The Balaban J connectivity index is 1.85. The molecule has 0 bridgehead atoms. The average Bonchev–Trinajstić information content (AvgIpc) is 2.70. The van der Waals surface area contributed by atoms with Gasteiger partial charge >= 0.3 is 6.61 Å². The first kappa shape index (κ1) is 22.6. The largest absolute Gasteiger partial charge is 0.432 e. The molecule has 2 nitrogen and oxygen atoms in total. The van der Waals surface area contributed by atoms with Crippen LogP contribution in [0.25, 0.3) is 11.1 Å². The van der Waals surface area contributed by atoms with Gasteiger partial charge in [0, 0.05) is 11.6 Å². The van der Waals surface area contributed by atoms with Crippen LogP contribution in [0.2, 0.25) is 0 Å². The maximum atomic E-state index is 15.1. The number of alkyl halides is 2. The van der Waals surface area contributed by atoms with Crippen LogP contribution in [0.15, 0.2) is 48.5 Å². The van der Waals surface area contributed by atoms with Crippen molar-refractivity contribution < 1.29 is 31.8 Å².